The van der Waals surface area contributed by atoms with Gasteiger partial charge in [-0.15, -0.1) is 10.2 Å². The lowest BCUT2D eigenvalue weighted by Gasteiger charge is -2.21. The molecule has 1 aromatic carbocycles. The highest BCUT2D eigenvalue weighted by Crippen LogP contribution is 2.15. The normalized spacial score (nSPS) is 12.3. The lowest BCUT2D eigenvalue weighted by Crippen LogP contribution is -2.39. The Hall–Kier alpha value is -2.90. The van der Waals surface area contributed by atoms with Gasteiger partial charge in [-0.2, -0.15) is 0 Å². The molecule has 0 aliphatic rings. The summed E-state index contributed by atoms with van der Waals surface area (Å²) in [4.78, 5) is 18.7. The van der Waals surface area contributed by atoms with Crippen molar-refractivity contribution in [2.24, 2.45) is 7.05 Å². The Morgan fingerprint density at radius 3 is 2.84 bits per heavy atom. The zero-order valence-electron chi connectivity index (χ0n) is 15.0. The molecule has 0 fully saturated rings. The number of carbonyl (C=O) groups is 1. The fourth-order valence-corrected chi connectivity index (χ4v) is 2.82. The molecule has 0 spiro atoms. The molecule has 0 bridgehead atoms. The van der Waals surface area contributed by atoms with Crippen LogP contribution >= 0.6 is 0 Å². The highest BCUT2D eigenvalue weighted by molar-refractivity contribution is 5.76. The Balaban J connectivity index is 1.69. The van der Waals surface area contributed by atoms with Crippen molar-refractivity contribution in [1.29, 1.82) is 0 Å². The van der Waals surface area contributed by atoms with Crippen LogP contribution in [0.15, 0.2) is 30.6 Å². The van der Waals surface area contributed by atoms with Gasteiger partial charge in [0.1, 0.15) is 12.2 Å². The van der Waals surface area contributed by atoms with Crippen LogP contribution in [-0.4, -0.2) is 42.3 Å². The minimum Gasteiger partial charge on any atom is -0.330 e. The summed E-state index contributed by atoms with van der Waals surface area (Å²) in [6.45, 7) is 5.10. The Morgan fingerprint density at radius 1 is 1.36 bits per heavy atom. The number of carbonyl (C=O) groups excluding carboxylic acids is 1. The van der Waals surface area contributed by atoms with Gasteiger partial charge in [0.2, 0.25) is 0 Å². The molecule has 0 radical (unpaired) electrons. The van der Waals surface area contributed by atoms with E-state index in [1.807, 2.05) is 54.3 Å². The lowest BCUT2D eigenvalue weighted by molar-refractivity contribution is 0.201. The van der Waals surface area contributed by atoms with Crippen LogP contribution in [0.1, 0.15) is 31.5 Å². The predicted octanol–water partition coefficient (Wildman–Crippen LogP) is 2.09. The molecule has 1 atom stereocenters. The monoisotopic (exact) mass is 341 g/mol. The van der Waals surface area contributed by atoms with E-state index in [9.17, 15) is 4.79 Å². The Morgan fingerprint density at radius 2 is 2.12 bits per heavy atom. The number of hydrogen-bond donors (Lipinski definition) is 1. The molecule has 1 N–H and O–H groups in total. The van der Waals surface area contributed by atoms with Crippen LogP contribution in [-0.2, 0) is 20.1 Å². The first-order chi connectivity index (χ1) is 12.0. The van der Waals surface area contributed by atoms with Crippen LogP contribution in [0.5, 0.6) is 0 Å². The maximum atomic E-state index is 12.5. The summed E-state index contributed by atoms with van der Waals surface area (Å²) >= 11 is 0. The van der Waals surface area contributed by atoms with Gasteiger partial charge in [0.15, 0.2) is 5.82 Å². The Bertz CT molecular complexity index is 882. The zero-order chi connectivity index (χ0) is 18.0. The van der Waals surface area contributed by atoms with Crippen LogP contribution in [0, 0.1) is 0 Å². The fourth-order valence-electron chi connectivity index (χ4n) is 2.82. The third-order valence-corrected chi connectivity index (χ3v) is 4.32. The van der Waals surface area contributed by atoms with Gasteiger partial charge < -0.3 is 19.4 Å². The van der Waals surface area contributed by atoms with Crippen LogP contribution in [0.25, 0.3) is 11.0 Å². The summed E-state index contributed by atoms with van der Waals surface area (Å²) in [6.07, 6.45) is 1.67. The molecular weight excluding hydrogens is 318 g/mol. The number of hydrogen-bond acceptors (Lipinski definition) is 4. The molecule has 132 valence electrons. The smallest absolute Gasteiger partial charge is 0.318 e. The minimum absolute atomic E-state index is 0.176. The van der Waals surface area contributed by atoms with E-state index in [-0.39, 0.29) is 12.1 Å². The molecule has 2 amide bonds. The molecule has 25 heavy (non-hydrogen) atoms. The van der Waals surface area contributed by atoms with Crippen molar-refractivity contribution >= 4 is 17.1 Å². The van der Waals surface area contributed by atoms with Crippen molar-refractivity contribution in [2.45, 2.75) is 33.0 Å². The molecular formula is C17H23N7O. The van der Waals surface area contributed by atoms with E-state index in [4.69, 9.17) is 0 Å². The van der Waals surface area contributed by atoms with E-state index >= 15 is 0 Å². The molecule has 0 aliphatic carbocycles. The molecule has 0 unspecified atom stereocenters. The van der Waals surface area contributed by atoms with E-state index in [2.05, 4.69) is 20.5 Å². The molecule has 0 aliphatic heterocycles. The van der Waals surface area contributed by atoms with E-state index in [0.29, 0.717) is 6.54 Å². The molecule has 8 heteroatoms. The molecule has 0 saturated carbocycles. The minimum atomic E-state index is -0.224. The third-order valence-electron chi connectivity index (χ3n) is 4.32. The number of aromatic nitrogens is 5. The van der Waals surface area contributed by atoms with Crippen molar-refractivity contribution in [1.82, 2.24) is 34.5 Å². The Labute approximate surface area is 146 Å². The number of nitrogens with zero attached hydrogens (tertiary/aromatic N) is 6. The second kappa shape index (κ2) is 6.92. The average molecular weight is 341 g/mol. The van der Waals surface area contributed by atoms with E-state index in [1.54, 1.807) is 18.3 Å². The topological polar surface area (TPSA) is 80.9 Å². The summed E-state index contributed by atoms with van der Waals surface area (Å²) in [5.74, 6) is 1.58. The number of benzene rings is 1. The van der Waals surface area contributed by atoms with Crippen LogP contribution in [0.2, 0.25) is 0 Å². The first kappa shape index (κ1) is 16.9. The van der Waals surface area contributed by atoms with Crippen molar-refractivity contribution in [3.63, 3.8) is 0 Å². The van der Waals surface area contributed by atoms with Gasteiger partial charge in [0, 0.05) is 20.6 Å². The molecule has 3 rings (SSSR count). The number of nitrogens with one attached hydrogen (secondary N) is 1. The lowest BCUT2D eigenvalue weighted by atomic mass is 10.3. The number of aryl methyl sites for hydroxylation is 2. The van der Waals surface area contributed by atoms with Gasteiger partial charge >= 0.3 is 6.03 Å². The van der Waals surface area contributed by atoms with E-state index < -0.39 is 0 Å². The number of imidazole rings is 1. The van der Waals surface area contributed by atoms with Gasteiger partial charge in [0.05, 0.1) is 23.6 Å². The number of amides is 2. The van der Waals surface area contributed by atoms with E-state index in [1.165, 1.54) is 0 Å². The fraction of sp³-hybridized carbons (Fsp3) is 0.412. The Kier molecular flexibility index (Phi) is 4.69. The summed E-state index contributed by atoms with van der Waals surface area (Å²) < 4.78 is 3.92. The highest BCUT2D eigenvalue weighted by atomic mass is 16.2. The van der Waals surface area contributed by atoms with Crippen LogP contribution < -0.4 is 5.32 Å². The summed E-state index contributed by atoms with van der Waals surface area (Å²) in [5.41, 5.74) is 1.98. The predicted molar refractivity (Wildman–Crippen MR) is 94.8 cm³/mol. The zero-order valence-corrected chi connectivity index (χ0v) is 15.0. The summed E-state index contributed by atoms with van der Waals surface area (Å²) in [5, 5.41) is 11.0. The average Bonchev–Trinajstić information content (AvgIpc) is 3.20. The molecule has 8 nitrogen and oxygen atoms in total. The number of rotatable bonds is 5. The molecule has 3 aromatic rings. The highest BCUT2D eigenvalue weighted by Gasteiger charge is 2.19. The number of urea groups is 1. The van der Waals surface area contributed by atoms with Crippen molar-refractivity contribution in [3.05, 3.63) is 42.2 Å². The van der Waals surface area contributed by atoms with Gasteiger partial charge in [-0.3, -0.25) is 0 Å². The van der Waals surface area contributed by atoms with Gasteiger partial charge in [-0.05, 0) is 26.0 Å². The SMILES string of the molecule is CCn1cnnc1[C@@H](C)NC(=O)N(C)Cc1nc2ccccc2n1C. The first-order valence-corrected chi connectivity index (χ1v) is 8.31. The maximum absolute atomic E-state index is 12.5. The van der Waals surface area contributed by atoms with Crippen molar-refractivity contribution in [2.75, 3.05) is 7.05 Å². The van der Waals surface area contributed by atoms with Gasteiger partial charge in [0.25, 0.3) is 0 Å². The number of fused-ring (bicyclic) bond motifs is 1. The van der Waals surface area contributed by atoms with Crippen molar-refractivity contribution in [3.8, 4) is 0 Å². The number of para-hydroxylation sites is 2. The summed E-state index contributed by atoms with van der Waals surface area (Å²) in [7, 11) is 3.72. The third kappa shape index (κ3) is 3.33. The molecule has 2 aromatic heterocycles. The van der Waals surface area contributed by atoms with Crippen LogP contribution in [0.4, 0.5) is 4.79 Å². The maximum Gasteiger partial charge on any atom is 0.318 e. The van der Waals surface area contributed by atoms with Crippen LogP contribution in [0.3, 0.4) is 0 Å². The van der Waals surface area contributed by atoms with Gasteiger partial charge in [-0.1, -0.05) is 12.1 Å². The molecule has 2 heterocycles. The largest absolute Gasteiger partial charge is 0.330 e. The summed E-state index contributed by atoms with van der Waals surface area (Å²) in [6, 6.07) is 7.53. The molecule has 0 saturated heterocycles. The standard InChI is InChI=1S/C17H23N7O/c1-5-24-11-18-21-16(24)12(2)19-17(25)22(3)10-15-20-13-8-6-7-9-14(13)23(15)4/h6-9,11-12H,5,10H2,1-4H3,(H,19,25)/t12-/m1/s1. The van der Waals surface area contributed by atoms with E-state index in [0.717, 1.165) is 29.2 Å². The first-order valence-electron chi connectivity index (χ1n) is 8.31. The second-order valence-electron chi connectivity index (χ2n) is 6.08. The quantitative estimate of drug-likeness (QED) is 0.770. The van der Waals surface area contributed by atoms with Crippen molar-refractivity contribution < 1.29 is 4.79 Å². The van der Waals surface area contributed by atoms with Gasteiger partial charge in [-0.25, -0.2) is 9.78 Å². The second-order valence-corrected chi connectivity index (χ2v) is 6.08.